The van der Waals surface area contributed by atoms with E-state index < -0.39 is 5.97 Å². The molecule has 3 unspecified atom stereocenters. The molecule has 2 aromatic heterocycles. The quantitative estimate of drug-likeness (QED) is 0.122. The summed E-state index contributed by atoms with van der Waals surface area (Å²) in [7, 11) is 0. The van der Waals surface area contributed by atoms with Gasteiger partial charge in [0.2, 0.25) is 0 Å². The van der Waals surface area contributed by atoms with Crippen LogP contribution < -0.4 is 16.0 Å². The highest BCUT2D eigenvalue weighted by Crippen LogP contribution is 2.55. The van der Waals surface area contributed by atoms with Gasteiger partial charge in [-0.2, -0.15) is 0 Å². The highest BCUT2D eigenvalue weighted by atomic mass is 32.1. The van der Waals surface area contributed by atoms with Gasteiger partial charge in [-0.15, -0.1) is 0 Å². The smallest absolute Gasteiger partial charge is 0.355 e. The number of allylic oxidation sites excluding steroid dienone is 1. The van der Waals surface area contributed by atoms with Gasteiger partial charge in [-0.3, -0.25) is 15.1 Å². The van der Waals surface area contributed by atoms with E-state index in [1.807, 2.05) is 60.4 Å². The number of carboxylic acid groups (broad SMARTS) is 1. The fourth-order valence-corrected chi connectivity index (χ4v) is 9.63. The third kappa shape index (κ3) is 8.52. The van der Waals surface area contributed by atoms with Crippen LogP contribution in [0.5, 0.6) is 0 Å². The van der Waals surface area contributed by atoms with Gasteiger partial charge in [0.25, 0.3) is 5.91 Å². The summed E-state index contributed by atoms with van der Waals surface area (Å²) in [6, 6.07) is 17.1. The molecule has 1 amide bonds. The zero-order chi connectivity index (χ0) is 38.8. The summed E-state index contributed by atoms with van der Waals surface area (Å²) < 4.78 is 7.45. The SMILES string of the molecule is CCCOC1CC(C)(CN=C(C)C(=CN)c2ccc(N3CCc4cccc(C(=O)Nc5nc6ccccc6s5)c4C3)nc2C(=O)O)CC1(C)CC(C)(C)C. The number of hydrogen-bond donors (Lipinski definition) is 3. The lowest BCUT2D eigenvalue weighted by Gasteiger charge is -2.37. The largest absolute Gasteiger partial charge is 0.476 e. The van der Waals surface area contributed by atoms with E-state index >= 15 is 0 Å². The Morgan fingerprint density at radius 2 is 1.89 bits per heavy atom. The number of benzene rings is 2. The van der Waals surface area contributed by atoms with Crippen molar-refractivity contribution in [1.29, 1.82) is 0 Å². The summed E-state index contributed by atoms with van der Waals surface area (Å²) in [6.07, 6.45) is 6.22. The maximum atomic E-state index is 13.6. The summed E-state index contributed by atoms with van der Waals surface area (Å²) in [4.78, 5) is 42.6. The molecule has 11 heteroatoms. The Hall–Kier alpha value is -4.61. The molecule has 3 atom stereocenters. The van der Waals surface area contributed by atoms with Crippen molar-refractivity contribution in [3.8, 4) is 0 Å². The molecule has 1 aliphatic carbocycles. The molecule has 6 rings (SSSR count). The highest BCUT2D eigenvalue weighted by molar-refractivity contribution is 7.22. The average Bonchev–Trinajstić information content (AvgIpc) is 3.64. The second kappa shape index (κ2) is 15.6. The molecule has 0 radical (unpaired) electrons. The number of carbonyl (C=O) groups is 2. The lowest BCUT2D eigenvalue weighted by molar-refractivity contribution is -0.0303. The lowest BCUT2D eigenvalue weighted by atomic mass is 9.71. The molecule has 0 bridgehead atoms. The fraction of sp³-hybridized carbons (Fsp3) is 0.465. The molecular weight excluding hydrogens is 697 g/mol. The van der Waals surface area contributed by atoms with Crippen LogP contribution >= 0.6 is 11.3 Å². The molecule has 10 nitrogen and oxygen atoms in total. The van der Waals surface area contributed by atoms with Gasteiger partial charge in [-0.05, 0) is 96.7 Å². The average molecular weight is 751 g/mol. The summed E-state index contributed by atoms with van der Waals surface area (Å²) >= 11 is 1.43. The number of aromatic carboxylic acids is 1. The molecule has 1 fully saturated rings. The lowest BCUT2D eigenvalue weighted by Crippen LogP contribution is -2.33. The fourth-order valence-electron chi connectivity index (χ4n) is 8.77. The Kier molecular flexibility index (Phi) is 11.3. The number of fused-ring (bicyclic) bond motifs is 2. The molecule has 3 heterocycles. The predicted molar refractivity (Wildman–Crippen MR) is 220 cm³/mol. The first-order valence-electron chi connectivity index (χ1n) is 18.9. The number of para-hydroxylation sites is 1. The second-order valence-corrected chi connectivity index (χ2v) is 17.9. The van der Waals surface area contributed by atoms with Crippen molar-refractivity contribution in [2.75, 3.05) is 29.9 Å². The monoisotopic (exact) mass is 750 g/mol. The van der Waals surface area contributed by atoms with Gasteiger partial charge in [0.1, 0.15) is 5.82 Å². The van der Waals surface area contributed by atoms with Crippen LogP contribution in [0.1, 0.15) is 112 Å². The molecule has 2 aliphatic rings. The molecule has 0 saturated heterocycles. The number of anilines is 2. The Morgan fingerprint density at radius 1 is 1.11 bits per heavy atom. The van der Waals surface area contributed by atoms with Crippen molar-refractivity contribution >= 4 is 55.7 Å². The standard InChI is InChI=1S/C43H54N6O4S/c1-8-20-53-35-21-42(6,25-43(35,7)24-41(3,4)5)26-45-27(2)31(22-44)29-16-17-36(47-37(29)39(51)52)49-19-18-28-12-11-13-30(32(28)23-49)38(50)48-40-46-33-14-9-10-15-34(33)54-40/h9-17,22,35H,8,18-21,23-26,44H2,1-7H3,(H,51,52)(H,46,48,50). The van der Waals surface area contributed by atoms with E-state index in [9.17, 15) is 14.7 Å². The summed E-state index contributed by atoms with van der Waals surface area (Å²) in [5.74, 6) is -0.864. The van der Waals surface area contributed by atoms with E-state index in [0.717, 1.165) is 53.6 Å². The molecule has 1 saturated carbocycles. The van der Waals surface area contributed by atoms with Gasteiger partial charge in [0, 0.05) is 54.9 Å². The number of amides is 1. The number of nitrogens with one attached hydrogen (secondary N) is 1. The number of hydrogen-bond acceptors (Lipinski definition) is 9. The minimum atomic E-state index is -1.15. The molecule has 4 aromatic rings. The van der Waals surface area contributed by atoms with Crippen LogP contribution in [0.15, 0.2) is 65.8 Å². The van der Waals surface area contributed by atoms with Crippen LogP contribution in [0, 0.1) is 16.2 Å². The number of rotatable bonds is 12. The van der Waals surface area contributed by atoms with Gasteiger partial charge < -0.3 is 20.5 Å². The van der Waals surface area contributed by atoms with E-state index in [-0.39, 0.29) is 34.0 Å². The minimum Gasteiger partial charge on any atom is -0.476 e. The molecular formula is C43H54N6O4S. The van der Waals surface area contributed by atoms with Crippen LogP contribution in [0.3, 0.4) is 0 Å². The minimum absolute atomic E-state index is 0.0320. The van der Waals surface area contributed by atoms with Crippen LogP contribution in [0.25, 0.3) is 15.8 Å². The van der Waals surface area contributed by atoms with Crippen LogP contribution in [-0.4, -0.2) is 58.5 Å². The molecule has 2 aromatic carbocycles. The summed E-state index contributed by atoms with van der Waals surface area (Å²) in [5.41, 5.74) is 11.2. The first-order chi connectivity index (χ1) is 25.6. The van der Waals surface area contributed by atoms with E-state index in [4.69, 9.17) is 15.5 Å². The van der Waals surface area contributed by atoms with E-state index in [1.54, 1.807) is 6.07 Å². The summed E-state index contributed by atoms with van der Waals surface area (Å²) in [6.45, 7) is 17.9. The Labute approximate surface area is 323 Å². The van der Waals surface area contributed by atoms with Gasteiger partial charge in [0.05, 0.1) is 16.3 Å². The number of thiazole rings is 1. The Bertz CT molecular complexity index is 2070. The molecule has 286 valence electrons. The van der Waals surface area contributed by atoms with Crippen molar-refractivity contribution < 1.29 is 19.4 Å². The number of aliphatic imine (C=N–C) groups is 1. The van der Waals surface area contributed by atoms with Crippen molar-refractivity contribution in [3.05, 3.63) is 88.7 Å². The van der Waals surface area contributed by atoms with Crippen LogP contribution in [0.4, 0.5) is 10.9 Å². The van der Waals surface area contributed by atoms with Crippen molar-refractivity contribution in [1.82, 2.24) is 9.97 Å². The summed E-state index contributed by atoms with van der Waals surface area (Å²) in [5, 5.41) is 13.9. The second-order valence-electron chi connectivity index (χ2n) is 16.9. The maximum Gasteiger partial charge on any atom is 0.355 e. The number of carboxylic acids is 1. The number of nitrogens with zero attached hydrogens (tertiary/aromatic N) is 4. The van der Waals surface area contributed by atoms with Gasteiger partial charge in [0.15, 0.2) is 10.8 Å². The van der Waals surface area contributed by atoms with Crippen molar-refractivity contribution in [2.45, 2.75) is 93.2 Å². The number of aromatic nitrogens is 2. The van der Waals surface area contributed by atoms with E-state index in [2.05, 4.69) is 56.8 Å². The molecule has 54 heavy (non-hydrogen) atoms. The third-order valence-electron chi connectivity index (χ3n) is 10.7. The Morgan fingerprint density at radius 3 is 2.59 bits per heavy atom. The first kappa shape index (κ1) is 39.1. The maximum absolute atomic E-state index is 13.6. The first-order valence-corrected chi connectivity index (χ1v) is 19.8. The van der Waals surface area contributed by atoms with E-state index in [0.29, 0.717) is 59.4 Å². The van der Waals surface area contributed by atoms with Gasteiger partial charge in [-0.1, -0.05) is 77.1 Å². The zero-order valence-electron chi connectivity index (χ0n) is 32.7. The zero-order valence-corrected chi connectivity index (χ0v) is 33.5. The topological polar surface area (TPSA) is 143 Å². The number of nitrogens with two attached hydrogens (primary N) is 1. The number of carbonyl (C=O) groups excluding carboxylic acids is 1. The third-order valence-corrected chi connectivity index (χ3v) is 11.7. The number of ether oxygens (including phenoxy) is 1. The van der Waals surface area contributed by atoms with Gasteiger partial charge in [-0.25, -0.2) is 14.8 Å². The van der Waals surface area contributed by atoms with Crippen LogP contribution in [-0.2, 0) is 17.7 Å². The Balaban J connectivity index is 1.21. The predicted octanol–water partition coefficient (Wildman–Crippen LogP) is 9.00. The van der Waals surface area contributed by atoms with Crippen molar-refractivity contribution in [3.63, 3.8) is 0 Å². The molecule has 1 aliphatic heterocycles. The highest BCUT2D eigenvalue weighted by Gasteiger charge is 2.51. The van der Waals surface area contributed by atoms with E-state index in [1.165, 1.54) is 17.5 Å². The molecule has 4 N–H and O–H groups in total. The van der Waals surface area contributed by atoms with Crippen molar-refractivity contribution in [2.24, 2.45) is 27.0 Å². The normalized spacial score (nSPS) is 22.1. The molecule has 0 spiro atoms. The van der Waals surface area contributed by atoms with Gasteiger partial charge >= 0.3 is 5.97 Å². The number of pyridine rings is 1. The van der Waals surface area contributed by atoms with Crippen LogP contribution in [0.2, 0.25) is 0 Å².